The molecule has 4 heteroatoms. The van der Waals surface area contributed by atoms with Crippen molar-refractivity contribution >= 4 is 15.9 Å². The number of halogens is 2. The van der Waals surface area contributed by atoms with E-state index in [1.165, 1.54) is 6.07 Å². The smallest absolute Gasteiger partial charge is 0.137 e. The molecule has 0 aliphatic heterocycles. The molecule has 2 N–H and O–H groups in total. The maximum Gasteiger partial charge on any atom is 0.137 e. The van der Waals surface area contributed by atoms with Gasteiger partial charge in [-0.2, -0.15) is 0 Å². The monoisotopic (exact) mass is 275 g/mol. The van der Waals surface area contributed by atoms with Crippen LogP contribution < -0.4 is 5.32 Å². The van der Waals surface area contributed by atoms with Crippen LogP contribution in [-0.4, -0.2) is 17.8 Å². The largest absolute Gasteiger partial charge is 0.395 e. The highest BCUT2D eigenvalue weighted by Crippen LogP contribution is 2.16. The molecule has 1 aromatic carbocycles. The Morgan fingerprint density at radius 2 is 2.27 bits per heavy atom. The Kier molecular flexibility index (Phi) is 5.22. The maximum absolute atomic E-state index is 13.1. The molecule has 1 unspecified atom stereocenters. The molecule has 0 spiro atoms. The molecule has 0 aliphatic rings. The minimum Gasteiger partial charge on any atom is -0.395 e. The highest BCUT2D eigenvalue weighted by atomic mass is 79.9. The van der Waals surface area contributed by atoms with Crippen LogP contribution in [0.3, 0.4) is 0 Å². The van der Waals surface area contributed by atoms with E-state index in [-0.39, 0.29) is 18.5 Å². The van der Waals surface area contributed by atoms with E-state index in [1.54, 1.807) is 6.07 Å². The number of benzene rings is 1. The van der Waals surface area contributed by atoms with Crippen molar-refractivity contribution in [3.8, 4) is 0 Å². The van der Waals surface area contributed by atoms with Crippen LogP contribution in [0.4, 0.5) is 4.39 Å². The van der Waals surface area contributed by atoms with Gasteiger partial charge in [0.2, 0.25) is 0 Å². The van der Waals surface area contributed by atoms with Crippen LogP contribution >= 0.6 is 15.9 Å². The quantitative estimate of drug-likeness (QED) is 0.865. The Balaban J connectivity index is 2.54. The molecule has 84 valence electrons. The van der Waals surface area contributed by atoms with Crippen molar-refractivity contribution in [3.63, 3.8) is 0 Å². The predicted molar refractivity (Wildman–Crippen MR) is 62.1 cm³/mol. The first-order valence-corrected chi connectivity index (χ1v) is 5.74. The van der Waals surface area contributed by atoms with Crippen molar-refractivity contribution < 1.29 is 9.50 Å². The molecule has 1 atom stereocenters. The van der Waals surface area contributed by atoms with E-state index in [0.29, 0.717) is 11.0 Å². The number of aliphatic hydroxyl groups is 1. The molecule has 0 bridgehead atoms. The van der Waals surface area contributed by atoms with Crippen molar-refractivity contribution in [1.82, 2.24) is 5.32 Å². The van der Waals surface area contributed by atoms with E-state index in [9.17, 15) is 4.39 Å². The van der Waals surface area contributed by atoms with Crippen LogP contribution in [-0.2, 0) is 6.54 Å². The summed E-state index contributed by atoms with van der Waals surface area (Å²) in [5.74, 6) is -0.258. The zero-order valence-electron chi connectivity index (χ0n) is 8.63. The molecule has 2 nitrogen and oxygen atoms in total. The third-order valence-electron chi connectivity index (χ3n) is 2.29. The fourth-order valence-electron chi connectivity index (χ4n) is 1.25. The van der Waals surface area contributed by atoms with Crippen LogP contribution in [0, 0.1) is 5.82 Å². The predicted octanol–water partition coefficient (Wildman–Crippen LogP) is 2.45. The number of rotatable bonds is 5. The zero-order valence-corrected chi connectivity index (χ0v) is 10.2. The summed E-state index contributed by atoms with van der Waals surface area (Å²) in [6.45, 7) is 2.68. The minimum absolute atomic E-state index is 0.0803. The minimum atomic E-state index is -0.258. The first-order chi connectivity index (χ1) is 7.17. The summed E-state index contributed by atoms with van der Waals surface area (Å²) < 4.78 is 13.6. The lowest BCUT2D eigenvalue weighted by atomic mass is 10.2. The van der Waals surface area contributed by atoms with Crippen molar-refractivity contribution in [1.29, 1.82) is 0 Å². The van der Waals surface area contributed by atoms with E-state index in [2.05, 4.69) is 21.2 Å². The third kappa shape index (κ3) is 3.89. The summed E-state index contributed by atoms with van der Waals surface area (Å²) in [5.41, 5.74) is 0.877. The van der Waals surface area contributed by atoms with E-state index >= 15 is 0 Å². The molecule has 0 heterocycles. The van der Waals surface area contributed by atoms with Gasteiger partial charge >= 0.3 is 0 Å². The molecule has 0 amide bonds. The molecule has 0 saturated carbocycles. The highest BCUT2D eigenvalue weighted by Gasteiger charge is 2.04. The van der Waals surface area contributed by atoms with Gasteiger partial charge in [-0.05, 0) is 40.0 Å². The van der Waals surface area contributed by atoms with Gasteiger partial charge in [-0.15, -0.1) is 0 Å². The van der Waals surface area contributed by atoms with Gasteiger partial charge < -0.3 is 10.4 Å². The highest BCUT2D eigenvalue weighted by molar-refractivity contribution is 9.10. The van der Waals surface area contributed by atoms with E-state index in [4.69, 9.17) is 5.11 Å². The molecule has 1 aromatic rings. The summed E-state index contributed by atoms with van der Waals surface area (Å²) in [5, 5.41) is 12.1. The molecule has 0 saturated heterocycles. The second-order valence-electron chi connectivity index (χ2n) is 3.42. The summed E-state index contributed by atoms with van der Waals surface area (Å²) in [7, 11) is 0. The van der Waals surface area contributed by atoms with E-state index in [0.717, 1.165) is 12.0 Å². The molecule has 0 aromatic heterocycles. The average molecular weight is 276 g/mol. The van der Waals surface area contributed by atoms with E-state index in [1.807, 2.05) is 13.0 Å². The molecule has 15 heavy (non-hydrogen) atoms. The van der Waals surface area contributed by atoms with Crippen LogP contribution in [0.25, 0.3) is 0 Å². The molecular weight excluding hydrogens is 261 g/mol. The van der Waals surface area contributed by atoms with Crippen molar-refractivity contribution in [2.75, 3.05) is 6.61 Å². The maximum atomic E-state index is 13.1. The summed E-state index contributed by atoms with van der Waals surface area (Å²) in [4.78, 5) is 0. The van der Waals surface area contributed by atoms with Gasteiger partial charge in [-0.25, -0.2) is 4.39 Å². The number of hydrogen-bond donors (Lipinski definition) is 2. The number of hydrogen-bond acceptors (Lipinski definition) is 2. The van der Waals surface area contributed by atoms with Gasteiger partial charge in [0, 0.05) is 12.6 Å². The van der Waals surface area contributed by atoms with Gasteiger partial charge in [0.15, 0.2) is 0 Å². The van der Waals surface area contributed by atoms with Crippen LogP contribution in [0.2, 0.25) is 0 Å². The van der Waals surface area contributed by atoms with Gasteiger partial charge in [0.1, 0.15) is 5.82 Å². The van der Waals surface area contributed by atoms with Gasteiger partial charge in [-0.1, -0.05) is 13.0 Å². The molecular formula is C11H15BrFNO. The molecule has 0 fully saturated rings. The Labute approximate surface area is 97.6 Å². The molecule has 1 rings (SSSR count). The molecule has 0 radical (unpaired) electrons. The Morgan fingerprint density at radius 1 is 1.53 bits per heavy atom. The van der Waals surface area contributed by atoms with Crippen LogP contribution in [0.5, 0.6) is 0 Å². The van der Waals surface area contributed by atoms with Crippen molar-refractivity contribution in [2.45, 2.75) is 25.9 Å². The number of nitrogens with one attached hydrogen (secondary N) is 1. The van der Waals surface area contributed by atoms with Gasteiger partial charge in [-0.3, -0.25) is 0 Å². The lowest BCUT2D eigenvalue weighted by Gasteiger charge is -2.13. The zero-order chi connectivity index (χ0) is 11.3. The lowest BCUT2D eigenvalue weighted by molar-refractivity contribution is 0.238. The standard InChI is InChI=1S/C11H15BrFNO/c1-2-9(7-15)14-6-8-3-4-10(12)11(13)5-8/h3-5,9,14-15H,2,6-7H2,1H3. The third-order valence-corrected chi connectivity index (χ3v) is 2.94. The lowest BCUT2D eigenvalue weighted by Crippen LogP contribution is -2.31. The van der Waals surface area contributed by atoms with E-state index < -0.39 is 0 Å². The average Bonchev–Trinajstić information content (AvgIpc) is 2.24. The molecule has 0 aliphatic carbocycles. The normalized spacial score (nSPS) is 12.8. The first kappa shape index (κ1) is 12.6. The first-order valence-electron chi connectivity index (χ1n) is 4.95. The van der Waals surface area contributed by atoms with Crippen molar-refractivity contribution in [3.05, 3.63) is 34.1 Å². The second-order valence-corrected chi connectivity index (χ2v) is 4.27. The summed E-state index contributed by atoms with van der Waals surface area (Å²) in [6.07, 6.45) is 0.857. The van der Waals surface area contributed by atoms with Crippen LogP contribution in [0.1, 0.15) is 18.9 Å². The van der Waals surface area contributed by atoms with Gasteiger partial charge in [0.05, 0.1) is 11.1 Å². The topological polar surface area (TPSA) is 32.3 Å². The fourth-order valence-corrected chi connectivity index (χ4v) is 1.50. The Morgan fingerprint density at radius 3 is 2.80 bits per heavy atom. The van der Waals surface area contributed by atoms with Crippen molar-refractivity contribution in [2.24, 2.45) is 0 Å². The summed E-state index contributed by atoms with van der Waals surface area (Å²) >= 11 is 3.10. The fraction of sp³-hybridized carbons (Fsp3) is 0.455. The summed E-state index contributed by atoms with van der Waals surface area (Å²) in [6, 6.07) is 5.11. The second kappa shape index (κ2) is 6.20. The SMILES string of the molecule is CCC(CO)NCc1ccc(Br)c(F)c1. The Bertz CT molecular complexity index is 315. The van der Waals surface area contributed by atoms with Gasteiger partial charge in [0.25, 0.3) is 0 Å². The van der Waals surface area contributed by atoms with Crippen LogP contribution in [0.15, 0.2) is 22.7 Å². The number of aliphatic hydroxyl groups excluding tert-OH is 1. The Hall–Kier alpha value is -0.450.